The normalized spacial score (nSPS) is 16.5. The van der Waals surface area contributed by atoms with Gasteiger partial charge >= 0.3 is 0 Å². The minimum Gasteiger partial charge on any atom is -0.493 e. The lowest BCUT2D eigenvalue weighted by Crippen LogP contribution is -2.17. The van der Waals surface area contributed by atoms with Crippen LogP contribution in [0, 0.1) is 0 Å². The highest BCUT2D eigenvalue weighted by Gasteiger charge is 2.25. The van der Waals surface area contributed by atoms with Gasteiger partial charge in [0.05, 0.1) is 11.3 Å². The molecule has 5 heteroatoms. The lowest BCUT2D eigenvalue weighted by atomic mass is 10.00. The first kappa shape index (κ1) is 12.3. The van der Waals surface area contributed by atoms with Crippen LogP contribution in [0.2, 0.25) is 0 Å². The molecule has 1 aliphatic carbocycles. The summed E-state index contributed by atoms with van der Waals surface area (Å²) in [6, 6.07) is 1.84. The third-order valence-electron chi connectivity index (χ3n) is 3.96. The van der Waals surface area contributed by atoms with Crippen LogP contribution in [0.1, 0.15) is 56.2 Å². The fourth-order valence-corrected chi connectivity index (χ4v) is 3.04. The van der Waals surface area contributed by atoms with E-state index in [0.29, 0.717) is 11.2 Å². The topological polar surface area (TPSA) is 70.4 Å². The summed E-state index contributed by atoms with van der Waals surface area (Å²) in [6.07, 6.45) is 6.05. The van der Waals surface area contributed by atoms with E-state index < -0.39 is 0 Å². The number of rotatable bonds is 3. The Morgan fingerprint density at radius 1 is 1.47 bits per heavy atom. The Morgan fingerprint density at radius 3 is 2.89 bits per heavy atom. The second kappa shape index (κ2) is 4.72. The van der Waals surface area contributed by atoms with E-state index in [1.165, 1.54) is 4.52 Å². The Hall–Kier alpha value is -1.78. The molecule has 2 aromatic rings. The molecule has 0 radical (unpaired) electrons. The van der Waals surface area contributed by atoms with Gasteiger partial charge in [0.1, 0.15) is 5.65 Å². The molecule has 2 aromatic heterocycles. The maximum Gasteiger partial charge on any atom is 0.258 e. The van der Waals surface area contributed by atoms with Crippen molar-refractivity contribution in [3.05, 3.63) is 27.7 Å². The fraction of sp³-hybridized carbons (Fsp3) is 0.571. The summed E-state index contributed by atoms with van der Waals surface area (Å²) in [6.45, 7) is 2.08. The van der Waals surface area contributed by atoms with Crippen molar-refractivity contribution >= 4 is 5.65 Å². The summed E-state index contributed by atoms with van der Waals surface area (Å²) < 4.78 is 1.47. The molecule has 0 atom stereocenters. The molecule has 3 rings (SSSR count). The highest BCUT2D eigenvalue weighted by molar-refractivity contribution is 5.45. The number of fused-ring (bicyclic) bond motifs is 1. The Labute approximate surface area is 111 Å². The Kier molecular flexibility index (Phi) is 3.05. The second-order valence-corrected chi connectivity index (χ2v) is 5.36. The summed E-state index contributed by atoms with van der Waals surface area (Å²) in [4.78, 5) is 15.0. The van der Waals surface area contributed by atoms with Crippen molar-refractivity contribution in [1.82, 2.24) is 14.6 Å². The van der Waals surface area contributed by atoms with E-state index in [0.717, 1.165) is 44.2 Å². The van der Waals surface area contributed by atoms with Crippen molar-refractivity contribution < 1.29 is 5.11 Å². The van der Waals surface area contributed by atoms with Crippen LogP contribution >= 0.6 is 0 Å². The Morgan fingerprint density at radius 2 is 2.21 bits per heavy atom. The molecule has 0 aromatic carbocycles. The van der Waals surface area contributed by atoms with Crippen LogP contribution in [0.5, 0.6) is 5.88 Å². The molecule has 1 fully saturated rings. The van der Waals surface area contributed by atoms with Gasteiger partial charge < -0.3 is 10.1 Å². The number of hydrogen-bond donors (Lipinski definition) is 2. The van der Waals surface area contributed by atoms with E-state index in [9.17, 15) is 9.90 Å². The van der Waals surface area contributed by atoms with Crippen LogP contribution in [0.25, 0.3) is 5.65 Å². The average molecular weight is 261 g/mol. The summed E-state index contributed by atoms with van der Waals surface area (Å²) in [5.41, 5.74) is 1.82. The van der Waals surface area contributed by atoms with E-state index in [1.54, 1.807) is 0 Å². The number of nitrogens with one attached hydrogen (secondary N) is 1. The van der Waals surface area contributed by atoms with Crippen LogP contribution in [-0.2, 0) is 6.42 Å². The maximum atomic E-state index is 12.2. The lowest BCUT2D eigenvalue weighted by Gasteiger charge is -2.10. The quantitative estimate of drug-likeness (QED) is 0.891. The molecule has 1 saturated carbocycles. The SMILES string of the molecule is CCCc1cc2[nH]c(=O)c(C3CCCC3)c(O)n2n1. The van der Waals surface area contributed by atoms with Crippen molar-refractivity contribution in [2.45, 2.75) is 51.4 Å². The molecular formula is C14H19N3O2. The van der Waals surface area contributed by atoms with Gasteiger partial charge in [0.25, 0.3) is 5.56 Å². The number of nitrogens with zero attached hydrogens (tertiary/aromatic N) is 2. The van der Waals surface area contributed by atoms with Crippen molar-refractivity contribution in [2.24, 2.45) is 0 Å². The first-order valence-electron chi connectivity index (χ1n) is 7.04. The molecule has 5 nitrogen and oxygen atoms in total. The van der Waals surface area contributed by atoms with Gasteiger partial charge in [0, 0.05) is 6.07 Å². The number of aromatic amines is 1. The van der Waals surface area contributed by atoms with Crippen molar-refractivity contribution in [2.75, 3.05) is 0 Å². The van der Waals surface area contributed by atoms with E-state index in [4.69, 9.17) is 0 Å². The van der Waals surface area contributed by atoms with Crippen molar-refractivity contribution in [1.29, 1.82) is 0 Å². The predicted octanol–water partition coefficient (Wildman–Crippen LogP) is 2.34. The van der Waals surface area contributed by atoms with Crippen LogP contribution in [-0.4, -0.2) is 19.7 Å². The van der Waals surface area contributed by atoms with Crippen LogP contribution in [0.4, 0.5) is 0 Å². The first-order valence-corrected chi connectivity index (χ1v) is 7.04. The van der Waals surface area contributed by atoms with Gasteiger partial charge in [-0.3, -0.25) is 4.79 Å². The van der Waals surface area contributed by atoms with Crippen molar-refractivity contribution in [3.8, 4) is 5.88 Å². The highest BCUT2D eigenvalue weighted by Crippen LogP contribution is 2.36. The average Bonchev–Trinajstić information content (AvgIpc) is 2.99. The largest absolute Gasteiger partial charge is 0.493 e. The number of H-pyrrole nitrogens is 1. The van der Waals surface area contributed by atoms with Gasteiger partial charge in [0.2, 0.25) is 5.88 Å². The molecule has 0 saturated heterocycles. The van der Waals surface area contributed by atoms with Gasteiger partial charge in [0.15, 0.2) is 0 Å². The molecule has 1 aliphatic rings. The smallest absolute Gasteiger partial charge is 0.258 e. The fourth-order valence-electron chi connectivity index (χ4n) is 3.04. The maximum absolute atomic E-state index is 12.2. The zero-order chi connectivity index (χ0) is 13.4. The Bertz CT molecular complexity index is 650. The highest BCUT2D eigenvalue weighted by atomic mass is 16.3. The minimum absolute atomic E-state index is 0.0213. The summed E-state index contributed by atoms with van der Waals surface area (Å²) in [5, 5.41) is 14.7. The van der Waals surface area contributed by atoms with Crippen LogP contribution < -0.4 is 5.56 Å². The standard InChI is InChI=1S/C14H19N3O2/c1-2-5-10-8-11-15-13(18)12(9-6-3-4-7-9)14(19)17(11)16-10/h8-9,19H,2-7H2,1H3,(H,15,18). The number of aryl methyl sites for hydroxylation is 1. The molecule has 0 aliphatic heterocycles. The third kappa shape index (κ3) is 2.03. The number of hydrogen-bond acceptors (Lipinski definition) is 3. The van der Waals surface area contributed by atoms with Gasteiger partial charge in [-0.15, -0.1) is 0 Å². The minimum atomic E-state index is -0.167. The molecular weight excluding hydrogens is 242 g/mol. The number of aromatic hydroxyl groups is 1. The van der Waals surface area contributed by atoms with Gasteiger partial charge in [-0.05, 0) is 25.2 Å². The summed E-state index contributed by atoms with van der Waals surface area (Å²) in [5.74, 6) is 0.194. The second-order valence-electron chi connectivity index (χ2n) is 5.36. The zero-order valence-electron chi connectivity index (χ0n) is 11.1. The van der Waals surface area contributed by atoms with E-state index in [1.807, 2.05) is 6.07 Å². The first-order chi connectivity index (χ1) is 9.20. The third-order valence-corrected chi connectivity index (χ3v) is 3.96. The lowest BCUT2D eigenvalue weighted by molar-refractivity contribution is 0.419. The van der Waals surface area contributed by atoms with Gasteiger partial charge in [-0.25, -0.2) is 0 Å². The van der Waals surface area contributed by atoms with Crippen LogP contribution in [0.3, 0.4) is 0 Å². The summed E-state index contributed by atoms with van der Waals surface area (Å²) in [7, 11) is 0. The molecule has 2 N–H and O–H groups in total. The molecule has 0 spiro atoms. The zero-order valence-corrected chi connectivity index (χ0v) is 11.1. The summed E-state index contributed by atoms with van der Waals surface area (Å²) >= 11 is 0. The molecule has 0 bridgehead atoms. The number of aromatic nitrogens is 3. The Balaban J connectivity index is 2.15. The van der Waals surface area contributed by atoms with E-state index >= 15 is 0 Å². The van der Waals surface area contributed by atoms with Gasteiger partial charge in [-0.2, -0.15) is 9.61 Å². The molecule has 0 amide bonds. The molecule has 102 valence electrons. The van der Waals surface area contributed by atoms with Crippen LogP contribution in [0.15, 0.2) is 10.9 Å². The van der Waals surface area contributed by atoms with Crippen molar-refractivity contribution in [3.63, 3.8) is 0 Å². The predicted molar refractivity (Wildman–Crippen MR) is 72.7 cm³/mol. The molecule has 0 unspecified atom stereocenters. The molecule has 2 heterocycles. The van der Waals surface area contributed by atoms with Gasteiger partial charge in [-0.1, -0.05) is 26.2 Å². The van der Waals surface area contributed by atoms with E-state index in [-0.39, 0.29) is 17.4 Å². The molecule has 19 heavy (non-hydrogen) atoms. The van der Waals surface area contributed by atoms with E-state index in [2.05, 4.69) is 17.0 Å². The monoisotopic (exact) mass is 261 g/mol.